The van der Waals surface area contributed by atoms with Crippen molar-refractivity contribution in [3.63, 3.8) is 0 Å². The second-order valence-electron chi connectivity index (χ2n) is 9.78. The van der Waals surface area contributed by atoms with Gasteiger partial charge in [-0.2, -0.15) is 0 Å². The first kappa shape index (κ1) is 30.3. The molecule has 44 heavy (non-hydrogen) atoms. The minimum absolute atomic E-state index is 0.309. The first-order valence-electron chi connectivity index (χ1n) is 13.9. The number of halogens is 1. The van der Waals surface area contributed by atoms with Crippen molar-refractivity contribution in [3.05, 3.63) is 139 Å². The first-order valence-corrected chi connectivity index (χ1v) is 14.3. The summed E-state index contributed by atoms with van der Waals surface area (Å²) in [4.78, 5) is 10.9. The Morgan fingerprint density at radius 3 is 1.36 bits per heavy atom. The summed E-state index contributed by atoms with van der Waals surface area (Å²) in [6.45, 7) is 0.309. The number of methoxy groups -OCH3 is 2. The van der Waals surface area contributed by atoms with E-state index in [4.69, 9.17) is 35.7 Å². The number of aliphatic carboxylic acids is 1. The minimum atomic E-state index is -1.46. The number of carboxylic acid groups (broad SMARTS) is 1. The Hall–Kier alpha value is -5.20. The molecule has 1 atom stereocenters. The quantitative estimate of drug-likeness (QED) is 0.143. The van der Waals surface area contributed by atoms with Gasteiger partial charge in [0.2, 0.25) is 0 Å². The second kappa shape index (κ2) is 14.3. The van der Waals surface area contributed by atoms with Gasteiger partial charge >= 0.3 is 5.97 Å². The maximum absolute atomic E-state index is 10.9. The number of benzene rings is 5. The van der Waals surface area contributed by atoms with Crippen molar-refractivity contribution in [1.82, 2.24) is 0 Å². The fourth-order valence-corrected chi connectivity index (χ4v) is 4.76. The molecule has 222 valence electrons. The maximum Gasteiger partial charge on any atom is 0.360 e. The Bertz CT molecular complexity index is 1600. The Balaban J connectivity index is 1.38. The van der Waals surface area contributed by atoms with Crippen LogP contribution in [0.2, 0.25) is 0 Å². The van der Waals surface area contributed by atoms with Crippen LogP contribution in [0.5, 0.6) is 23.0 Å². The van der Waals surface area contributed by atoms with Gasteiger partial charge in [0.1, 0.15) is 29.6 Å². The molecular weight excluding hydrogens is 576 g/mol. The third kappa shape index (κ3) is 7.60. The van der Waals surface area contributed by atoms with E-state index in [1.807, 2.05) is 48.5 Å². The fraction of sp³-hybridized carbons (Fsp3) is 0.108. The van der Waals surface area contributed by atoms with Gasteiger partial charge in [-0.05, 0) is 93.6 Å². The summed E-state index contributed by atoms with van der Waals surface area (Å²) in [6.07, 6.45) is 2.05. The summed E-state index contributed by atoms with van der Waals surface area (Å²) in [5, 5.41) is 8.94. The zero-order valence-corrected chi connectivity index (χ0v) is 25.0. The number of alkyl halides is 1. The summed E-state index contributed by atoms with van der Waals surface area (Å²) >= 11 is 5.67. The van der Waals surface area contributed by atoms with E-state index in [-0.39, 0.29) is 0 Å². The highest BCUT2D eigenvalue weighted by Gasteiger charge is 2.15. The molecule has 0 amide bonds. The van der Waals surface area contributed by atoms with Crippen molar-refractivity contribution in [2.45, 2.75) is 5.56 Å². The molecule has 0 heterocycles. The predicted molar refractivity (Wildman–Crippen MR) is 174 cm³/mol. The number of hydrogen-bond acceptors (Lipinski definition) is 5. The number of carbonyl (C=O) groups is 1. The zero-order valence-electron chi connectivity index (χ0n) is 24.3. The summed E-state index contributed by atoms with van der Waals surface area (Å²) < 4.78 is 21.8. The normalized spacial score (nSPS) is 11.2. The molecule has 0 aliphatic heterocycles. The van der Waals surface area contributed by atoms with E-state index in [1.54, 1.807) is 38.5 Å². The number of carboxylic acids is 1. The van der Waals surface area contributed by atoms with Crippen LogP contribution in [-0.4, -0.2) is 37.5 Å². The SMILES string of the molecule is COc1ccc(-c2ccc(C(=CCOc3ccc(OC(Cl)C(=O)O)cc3)c3ccc(-c4ccc(OC)cc4)cc3)cc2)cc1. The molecule has 0 spiro atoms. The molecule has 1 unspecified atom stereocenters. The molecule has 1 N–H and O–H groups in total. The van der Waals surface area contributed by atoms with E-state index in [2.05, 4.69) is 54.6 Å². The standard InChI is InChI=1S/C37H31ClO6/c1-41-31-15-11-27(12-16-31)25-3-7-29(8-4-25)35(23-24-43-33-19-21-34(22-20-33)44-36(38)37(39)40)30-9-5-26(6-10-30)28-13-17-32(42-2)18-14-28/h3-23,36H,24H2,1-2H3,(H,39,40). The van der Waals surface area contributed by atoms with E-state index in [9.17, 15) is 4.79 Å². The third-order valence-electron chi connectivity index (χ3n) is 7.03. The lowest BCUT2D eigenvalue weighted by Gasteiger charge is -2.13. The maximum atomic E-state index is 10.9. The van der Waals surface area contributed by atoms with Crippen LogP contribution in [0.1, 0.15) is 11.1 Å². The Labute approximate surface area is 261 Å². The average Bonchev–Trinajstić information content (AvgIpc) is 3.08. The smallest absolute Gasteiger partial charge is 0.360 e. The van der Waals surface area contributed by atoms with Crippen molar-refractivity contribution in [2.24, 2.45) is 0 Å². The highest BCUT2D eigenvalue weighted by atomic mass is 35.5. The van der Waals surface area contributed by atoms with E-state index < -0.39 is 11.5 Å². The van der Waals surface area contributed by atoms with Crippen molar-refractivity contribution in [3.8, 4) is 45.3 Å². The van der Waals surface area contributed by atoms with E-state index in [0.717, 1.165) is 50.5 Å². The van der Waals surface area contributed by atoms with E-state index >= 15 is 0 Å². The molecule has 5 aromatic rings. The number of rotatable bonds is 12. The lowest BCUT2D eigenvalue weighted by Crippen LogP contribution is -2.20. The molecule has 0 fully saturated rings. The van der Waals surface area contributed by atoms with Crippen LogP contribution >= 0.6 is 11.6 Å². The molecule has 7 heteroatoms. The number of ether oxygens (including phenoxy) is 4. The average molecular weight is 607 g/mol. The third-order valence-corrected chi connectivity index (χ3v) is 7.31. The fourth-order valence-electron chi connectivity index (χ4n) is 4.66. The van der Waals surface area contributed by atoms with Gasteiger partial charge in [-0.1, -0.05) is 84.4 Å². The van der Waals surface area contributed by atoms with Gasteiger partial charge in [-0.15, -0.1) is 0 Å². The molecule has 0 aromatic heterocycles. The highest BCUT2D eigenvalue weighted by Crippen LogP contribution is 2.30. The van der Waals surface area contributed by atoms with Gasteiger partial charge in [0.15, 0.2) is 0 Å². The Kier molecular flexibility index (Phi) is 9.85. The van der Waals surface area contributed by atoms with Crippen LogP contribution in [0.4, 0.5) is 0 Å². The summed E-state index contributed by atoms with van der Waals surface area (Å²) in [7, 11) is 3.32. The van der Waals surface area contributed by atoms with Gasteiger partial charge in [0.05, 0.1) is 14.2 Å². The van der Waals surface area contributed by atoms with Crippen molar-refractivity contribution in [2.75, 3.05) is 20.8 Å². The number of hydrogen-bond donors (Lipinski definition) is 1. The van der Waals surface area contributed by atoms with Crippen LogP contribution in [0, 0.1) is 0 Å². The Morgan fingerprint density at radius 1 is 0.614 bits per heavy atom. The minimum Gasteiger partial charge on any atom is -0.497 e. The largest absolute Gasteiger partial charge is 0.497 e. The molecule has 6 nitrogen and oxygen atoms in total. The topological polar surface area (TPSA) is 74.2 Å². The van der Waals surface area contributed by atoms with Crippen LogP contribution in [0.3, 0.4) is 0 Å². The van der Waals surface area contributed by atoms with Gasteiger partial charge < -0.3 is 24.1 Å². The molecular formula is C37H31ClO6. The highest BCUT2D eigenvalue weighted by molar-refractivity contribution is 6.28. The van der Waals surface area contributed by atoms with Crippen molar-refractivity contribution >= 4 is 23.1 Å². The van der Waals surface area contributed by atoms with Gasteiger partial charge in [0.25, 0.3) is 5.56 Å². The Morgan fingerprint density at radius 2 is 0.977 bits per heavy atom. The summed E-state index contributed by atoms with van der Waals surface area (Å²) in [5.74, 6) is 1.33. The predicted octanol–water partition coefficient (Wildman–Crippen LogP) is 8.58. The van der Waals surface area contributed by atoms with Crippen molar-refractivity contribution < 1.29 is 28.8 Å². The lowest BCUT2D eigenvalue weighted by molar-refractivity contribution is -0.141. The zero-order chi connectivity index (χ0) is 30.9. The van der Waals surface area contributed by atoms with Gasteiger partial charge in [-0.25, -0.2) is 4.79 Å². The van der Waals surface area contributed by atoms with Crippen molar-refractivity contribution in [1.29, 1.82) is 0 Å². The first-order chi connectivity index (χ1) is 21.4. The molecule has 0 saturated carbocycles. The van der Waals surface area contributed by atoms with Gasteiger partial charge in [-0.3, -0.25) is 0 Å². The van der Waals surface area contributed by atoms with E-state index in [0.29, 0.717) is 18.1 Å². The molecule has 5 rings (SSSR count). The second-order valence-corrected chi connectivity index (χ2v) is 10.2. The van der Waals surface area contributed by atoms with Crippen LogP contribution in [0.15, 0.2) is 127 Å². The van der Waals surface area contributed by atoms with Crippen LogP contribution < -0.4 is 18.9 Å². The molecule has 0 radical (unpaired) electrons. The lowest BCUT2D eigenvalue weighted by atomic mass is 9.94. The summed E-state index contributed by atoms with van der Waals surface area (Å²) in [5.41, 5.74) is 6.08. The molecule has 0 aliphatic carbocycles. The molecule has 0 bridgehead atoms. The van der Waals surface area contributed by atoms with Crippen LogP contribution in [-0.2, 0) is 4.79 Å². The summed E-state index contributed by atoms with van der Waals surface area (Å²) in [6, 6.07) is 39.5. The van der Waals surface area contributed by atoms with Crippen LogP contribution in [0.25, 0.3) is 27.8 Å². The molecule has 0 aliphatic rings. The molecule has 5 aromatic carbocycles. The van der Waals surface area contributed by atoms with E-state index in [1.165, 1.54) is 0 Å². The van der Waals surface area contributed by atoms with Gasteiger partial charge in [0, 0.05) is 0 Å². The molecule has 0 saturated heterocycles. The monoisotopic (exact) mass is 606 g/mol.